The lowest BCUT2D eigenvalue weighted by molar-refractivity contribution is 0.660. The molecule has 11 rings (SSSR count). The Morgan fingerprint density at radius 1 is 0.397 bits per heavy atom. The smallest absolute Gasteiger partial charge is 0.0541 e. The molecule has 2 heteroatoms. The van der Waals surface area contributed by atoms with Crippen molar-refractivity contribution in [3.63, 3.8) is 0 Å². The fraction of sp³-hybridized carbons (Fsp3) is 0.0492. The van der Waals surface area contributed by atoms with E-state index in [4.69, 9.17) is 0 Å². The molecule has 300 valence electrons. The number of benzene rings is 9. The highest BCUT2D eigenvalue weighted by Gasteiger charge is 2.36. The minimum Gasteiger partial charge on any atom is -0.310 e. The van der Waals surface area contributed by atoms with Crippen molar-refractivity contribution in [2.45, 2.75) is 19.3 Å². The van der Waals surface area contributed by atoms with Gasteiger partial charge in [-0.25, -0.2) is 0 Å². The third kappa shape index (κ3) is 6.42. The van der Waals surface area contributed by atoms with Crippen molar-refractivity contribution in [1.29, 1.82) is 0 Å². The first-order valence-electron chi connectivity index (χ1n) is 21.7. The van der Waals surface area contributed by atoms with Crippen LogP contribution in [0.2, 0.25) is 0 Å². The Balaban J connectivity index is 1.02. The Morgan fingerprint density at radius 3 is 1.60 bits per heavy atom. The number of nitrogens with zero attached hydrogens (tertiary/aromatic N) is 2. The van der Waals surface area contributed by atoms with Crippen molar-refractivity contribution in [3.05, 3.63) is 242 Å². The molecule has 0 bridgehead atoms. The summed E-state index contributed by atoms with van der Waals surface area (Å²) in [6, 6.07) is 75.5. The van der Waals surface area contributed by atoms with Crippen LogP contribution in [0.25, 0.3) is 84.2 Å². The van der Waals surface area contributed by atoms with E-state index >= 15 is 0 Å². The van der Waals surface area contributed by atoms with Gasteiger partial charge in [0.1, 0.15) is 0 Å². The van der Waals surface area contributed by atoms with Gasteiger partial charge in [0.2, 0.25) is 0 Å². The molecule has 1 aliphatic carbocycles. The van der Waals surface area contributed by atoms with Crippen LogP contribution in [-0.2, 0) is 5.41 Å². The van der Waals surface area contributed by atoms with Crippen molar-refractivity contribution in [1.82, 2.24) is 4.57 Å². The van der Waals surface area contributed by atoms with Crippen LogP contribution < -0.4 is 4.90 Å². The Labute approximate surface area is 370 Å². The maximum atomic E-state index is 4.06. The molecule has 0 aliphatic heterocycles. The van der Waals surface area contributed by atoms with E-state index in [1.807, 2.05) is 12.2 Å². The number of hydrogen-bond acceptors (Lipinski definition) is 1. The monoisotopic (exact) mass is 806 g/mol. The Kier molecular flexibility index (Phi) is 9.17. The van der Waals surface area contributed by atoms with Gasteiger partial charge in [-0.3, -0.25) is 0 Å². The average Bonchev–Trinajstić information content (AvgIpc) is 3.79. The molecule has 1 heterocycles. The predicted octanol–water partition coefficient (Wildman–Crippen LogP) is 16.8. The van der Waals surface area contributed by atoms with E-state index in [1.54, 1.807) is 0 Å². The Morgan fingerprint density at radius 2 is 0.905 bits per heavy atom. The quantitative estimate of drug-likeness (QED) is 0.141. The molecule has 0 N–H and O–H groups in total. The zero-order valence-corrected chi connectivity index (χ0v) is 35.6. The summed E-state index contributed by atoms with van der Waals surface area (Å²) in [6.07, 6.45) is 3.78. The number of fused-ring (bicyclic) bond motifs is 6. The van der Waals surface area contributed by atoms with Gasteiger partial charge in [0, 0.05) is 38.9 Å². The van der Waals surface area contributed by atoms with E-state index in [0.717, 1.165) is 44.9 Å². The Bertz CT molecular complexity index is 3350. The van der Waals surface area contributed by atoms with Crippen LogP contribution in [0, 0.1) is 0 Å². The second-order valence-electron chi connectivity index (χ2n) is 17.1. The van der Waals surface area contributed by atoms with Crippen LogP contribution in [0.4, 0.5) is 17.1 Å². The standard InChI is InChI=1S/C61H46N2/c1-5-41-26-27-48(36-42(41)6-2)44-28-30-49(31-29-44)62(50-21-15-20-47(38-50)46-19-14-18-45(37-46)43-16-8-7-9-17-43)51-32-34-53-54-35-33-52(40-58(54)61(3,4)57(53)39-51)63-59-24-12-10-22-55(59)56-23-11-13-25-60(56)63/h5-40H,1-2H2,3-4H3. The van der Waals surface area contributed by atoms with Crippen molar-refractivity contribution in [2.24, 2.45) is 0 Å². The van der Waals surface area contributed by atoms with Gasteiger partial charge in [-0.15, -0.1) is 0 Å². The van der Waals surface area contributed by atoms with E-state index in [0.29, 0.717) is 0 Å². The van der Waals surface area contributed by atoms with Crippen LogP contribution in [0.3, 0.4) is 0 Å². The van der Waals surface area contributed by atoms with Gasteiger partial charge >= 0.3 is 0 Å². The summed E-state index contributed by atoms with van der Waals surface area (Å²) in [6.45, 7) is 12.8. The third-order valence-corrected chi connectivity index (χ3v) is 13.1. The molecule has 0 saturated carbocycles. The summed E-state index contributed by atoms with van der Waals surface area (Å²) in [7, 11) is 0. The molecular weight excluding hydrogens is 761 g/mol. The molecular formula is C61H46N2. The normalized spacial score (nSPS) is 12.5. The van der Waals surface area contributed by atoms with Crippen LogP contribution in [0.15, 0.2) is 219 Å². The number of aromatic nitrogens is 1. The van der Waals surface area contributed by atoms with Crippen LogP contribution in [0.1, 0.15) is 36.1 Å². The lowest BCUT2D eigenvalue weighted by Gasteiger charge is -2.28. The topological polar surface area (TPSA) is 8.17 Å². The highest BCUT2D eigenvalue weighted by Crippen LogP contribution is 2.52. The third-order valence-electron chi connectivity index (χ3n) is 13.1. The summed E-state index contributed by atoms with van der Waals surface area (Å²) in [4.78, 5) is 2.41. The minimum absolute atomic E-state index is 0.245. The molecule has 2 nitrogen and oxygen atoms in total. The molecule has 63 heavy (non-hydrogen) atoms. The number of para-hydroxylation sites is 2. The first kappa shape index (κ1) is 38.0. The maximum absolute atomic E-state index is 4.06. The fourth-order valence-electron chi connectivity index (χ4n) is 9.89. The molecule has 0 atom stereocenters. The summed E-state index contributed by atoms with van der Waals surface area (Å²) >= 11 is 0. The van der Waals surface area contributed by atoms with E-state index in [9.17, 15) is 0 Å². The molecule has 0 amide bonds. The Hall–Kier alpha value is -7.94. The summed E-state index contributed by atoms with van der Waals surface area (Å²) in [5.74, 6) is 0. The summed E-state index contributed by atoms with van der Waals surface area (Å²) in [5.41, 5.74) is 21.1. The SMILES string of the molecule is C=Cc1ccc(-c2ccc(N(c3cccc(-c4cccc(-c5ccccc5)c4)c3)c3ccc4c(c3)C(C)(C)c3cc(-n5c6ccccc6c6ccccc65)ccc3-4)cc2)cc1C=C. The second kappa shape index (κ2) is 15.2. The maximum Gasteiger partial charge on any atom is 0.0541 e. The van der Waals surface area contributed by atoms with E-state index in [-0.39, 0.29) is 5.41 Å². The predicted molar refractivity (Wildman–Crippen MR) is 270 cm³/mol. The van der Waals surface area contributed by atoms with Crippen molar-refractivity contribution in [3.8, 4) is 50.2 Å². The molecule has 1 aromatic heterocycles. The molecule has 10 aromatic rings. The molecule has 0 spiro atoms. The van der Waals surface area contributed by atoms with Gasteiger partial charge in [-0.05, 0) is 140 Å². The first-order chi connectivity index (χ1) is 30.9. The van der Waals surface area contributed by atoms with Crippen LogP contribution >= 0.6 is 0 Å². The molecule has 1 aliphatic rings. The van der Waals surface area contributed by atoms with Crippen molar-refractivity contribution >= 4 is 51.0 Å². The van der Waals surface area contributed by atoms with Gasteiger partial charge in [0.15, 0.2) is 0 Å². The average molecular weight is 807 g/mol. The number of anilines is 3. The molecule has 0 fully saturated rings. The zero-order chi connectivity index (χ0) is 42.7. The van der Waals surface area contributed by atoms with Gasteiger partial charge in [0.25, 0.3) is 0 Å². The zero-order valence-electron chi connectivity index (χ0n) is 35.6. The minimum atomic E-state index is -0.245. The number of hydrogen-bond donors (Lipinski definition) is 0. The van der Waals surface area contributed by atoms with Gasteiger partial charge < -0.3 is 9.47 Å². The first-order valence-corrected chi connectivity index (χ1v) is 21.7. The highest BCUT2D eigenvalue weighted by molar-refractivity contribution is 6.09. The van der Waals surface area contributed by atoms with E-state index in [1.165, 1.54) is 66.4 Å². The molecule has 9 aromatic carbocycles. The van der Waals surface area contributed by atoms with Gasteiger partial charge in [-0.1, -0.05) is 173 Å². The van der Waals surface area contributed by atoms with Crippen molar-refractivity contribution < 1.29 is 0 Å². The fourth-order valence-corrected chi connectivity index (χ4v) is 9.89. The lowest BCUT2D eigenvalue weighted by Crippen LogP contribution is -2.17. The molecule has 0 unspecified atom stereocenters. The lowest BCUT2D eigenvalue weighted by atomic mass is 9.82. The largest absolute Gasteiger partial charge is 0.310 e. The van der Waals surface area contributed by atoms with Crippen molar-refractivity contribution in [2.75, 3.05) is 4.90 Å². The van der Waals surface area contributed by atoms with Gasteiger partial charge in [0.05, 0.1) is 11.0 Å². The van der Waals surface area contributed by atoms with Gasteiger partial charge in [-0.2, -0.15) is 0 Å². The van der Waals surface area contributed by atoms with E-state index in [2.05, 4.69) is 243 Å². The van der Waals surface area contributed by atoms with E-state index < -0.39 is 0 Å². The van der Waals surface area contributed by atoms with Crippen LogP contribution in [0.5, 0.6) is 0 Å². The summed E-state index contributed by atoms with van der Waals surface area (Å²) in [5, 5.41) is 2.54. The van der Waals surface area contributed by atoms with Crippen LogP contribution in [-0.4, -0.2) is 4.57 Å². The second-order valence-corrected chi connectivity index (χ2v) is 17.1. The number of rotatable bonds is 9. The highest BCUT2D eigenvalue weighted by atomic mass is 15.1. The molecule has 0 radical (unpaired) electrons. The molecule has 0 saturated heterocycles. The summed E-state index contributed by atoms with van der Waals surface area (Å²) < 4.78 is 2.43.